The average molecular weight is 285 g/mol. The van der Waals surface area contributed by atoms with Crippen LogP contribution in [-0.4, -0.2) is 40.1 Å². The van der Waals surface area contributed by atoms with E-state index in [4.69, 9.17) is 17.4 Å². The van der Waals surface area contributed by atoms with Crippen LogP contribution in [-0.2, 0) is 0 Å². The molecule has 0 aliphatic carbocycles. The summed E-state index contributed by atoms with van der Waals surface area (Å²) in [6.45, 7) is 2.64. The Morgan fingerprint density at radius 1 is 1.74 bits per heavy atom. The van der Waals surface area contributed by atoms with Crippen LogP contribution in [0.15, 0.2) is 12.3 Å². The molecule has 1 aromatic rings. The molecule has 0 radical (unpaired) electrons. The number of aromatic nitrogens is 1. The first-order chi connectivity index (χ1) is 9.08. The van der Waals surface area contributed by atoms with Crippen LogP contribution in [0.3, 0.4) is 0 Å². The Morgan fingerprint density at radius 2 is 2.47 bits per heavy atom. The summed E-state index contributed by atoms with van der Waals surface area (Å²) in [5.41, 5.74) is 2.75. The van der Waals surface area contributed by atoms with Crippen LogP contribution in [0.5, 0.6) is 0 Å². The number of hydrogen-bond acceptors (Lipinski definition) is 5. The molecule has 2 heterocycles. The molecular formula is C12H17ClN4O2. The Morgan fingerprint density at radius 3 is 3.05 bits per heavy atom. The zero-order valence-corrected chi connectivity index (χ0v) is 11.4. The number of anilines is 1. The fourth-order valence-corrected chi connectivity index (χ4v) is 2.59. The number of rotatable bonds is 3. The van der Waals surface area contributed by atoms with Crippen LogP contribution < -0.4 is 11.3 Å². The summed E-state index contributed by atoms with van der Waals surface area (Å²) in [5.74, 6) is 5.69. The molecule has 2 atom stereocenters. The van der Waals surface area contributed by atoms with Crippen molar-refractivity contribution in [3.05, 3.63) is 22.8 Å². The van der Waals surface area contributed by atoms with Gasteiger partial charge in [0.2, 0.25) is 0 Å². The number of nitrogens with two attached hydrogens (primary N) is 1. The molecule has 1 aliphatic heterocycles. The second kappa shape index (κ2) is 5.73. The van der Waals surface area contributed by atoms with Crippen molar-refractivity contribution in [2.75, 3.05) is 18.6 Å². The first kappa shape index (κ1) is 14.0. The highest BCUT2D eigenvalue weighted by atomic mass is 35.5. The van der Waals surface area contributed by atoms with Gasteiger partial charge < -0.3 is 15.4 Å². The minimum absolute atomic E-state index is 0.0312. The standard InChI is InChI=1S/C12H17ClN4O2/c1-7-2-3-17(10(7)6-18)12(19)8-4-9(13)11(16-14)15-5-8/h4-5,7,10,18H,2-3,6,14H2,1H3,(H,15,16). The third kappa shape index (κ3) is 2.65. The van der Waals surface area contributed by atoms with E-state index in [0.717, 1.165) is 6.42 Å². The molecule has 2 unspecified atom stereocenters. The Kier molecular flexibility index (Phi) is 4.24. The molecule has 0 spiro atoms. The van der Waals surface area contributed by atoms with Gasteiger partial charge in [0.05, 0.1) is 23.2 Å². The molecule has 104 valence electrons. The number of nitrogen functional groups attached to an aromatic ring is 1. The molecule has 0 bridgehead atoms. The maximum atomic E-state index is 12.4. The Labute approximate surface area is 116 Å². The van der Waals surface area contributed by atoms with Crippen LogP contribution in [0.1, 0.15) is 23.7 Å². The van der Waals surface area contributed by atoms with Crippen molar-refractivity contribution in [2.24, 2.45) is 11.8 Å². The van der Waals surface area contributed by atoms with E-state index in [9.17, 15) is 9.90 Å². The Bertz CT molecular complexity index is 483. The minimum atomic E-state index is -0.165. The van der Waals surface area contributed by atoms with Gasteiger partial charge >= 0.3 is 0 Å². The van der Waals surface area contributed by atoms with Gasteiger partial charge in [0, 0.05) is 12.7 Å². The highest BCUT2D eigenvalue weighted by Crippen LogP contribution is 2.26. The molecule has 1 saturated heterocycles. The van der Waals surface area contributed by atoms with Gasteiger partial charge in [0.1, 0.15) is 0 Å². The lowest BCUT2D eigenvalue weighted by molar-refractivity contribution is 0.0648. The number of pyridine rings is 1. The monoisotopic (exact) mass is 284 g/mol. The summed E-state index contributed by atoms with van der Waals surface area (Å²) in [7, 11) is 0. The summed E-state index contributed by atoms with van der Waals surface area (Å²) in [5, 5.41) is 9.67. The average Bonchev–Trinajstić information content (AvgIpc) is 2.78. The third-order valence-corrected chi connectivity index (χ3v) is 3.84. The predicted octanol–water partition coefficient (Wildman–Crippen LogP) is 0.864. The quantitative estimate of drug-likeness (QED) is 0.566. The van der Waals surface area contributed by atoms with Crippen molar-refractivity contribution in [3.8, 4) is 0 Å². The first-order valence-electron chi connectivity index (χ1n) is 6.12. The molecule has 4 N–H and O–H groups in total. The molecule has 19 heavy (non-hydrogen) atoms. The van der Waals surface area contributed by atoms with Crippen molar-refractivity contribution in [2.45, 2.75) is 19.4 Å². The summed E-state index contributed by atoms with van der Waals surface area (Å²) < 4.78 is 0. The van der Waals surface area contributed by atoms with E-state index >= 15 is 0 Å². The molecule has 1 fully saturated rings. The first-order valence-corrected chi connectivity index (χ1v) is 6.50. The Hall–Kier alpha value is -1.37. The molecule has 0 saturated carbocycles. The van der Waals surface area contributed by atoms with Crippen LogP contribution in [0.4, 0.5) is 5.82 Å². The van der Waals surface area contributed by atoms with Gasteiger partial charge in [-0.15, -0.1) is 0 Å². The number of likely N-dealkylation sites (tertiary alicyclic amines) is 1. The fourth-order valence-electron chi connectivity index (χ4n) is 2.37. The van der Waals surface area contributed by atoms with E-state index in [1.807, 2.05) is 6.92 Å². The van der Waals surface area contributed by atoms with Crippen LogP contribution >= 0.6 is 11.6 Å². The third-order valence-electron chi connectivity index (χ3n) is 3.56. The second-order valence-corrected chi connectivity index (χ2v) is 5.12. The normalized spacial score (nSPS) is 22.6. The second-order valence-electron chi connectivity index (χ2n) is 4.71. The zero-order chi connectivity index (χ0) is 14.0. The van der Waals surface area contributed by atoms with Gasteiger partial charge in [-0.3, -0.25) is 4.79 Å². The van der Waals surface area contributed by atoms with Gasteiger partial charge in [-0.25, -0.2) is 10.8 Å². The number of amides is 1. The highest BCUT2D eigenvalue weighted by Gasteiger charge is 2.34. The van der Waals surface area contributed by atoms with E-state index in [2.05, 4.69) is 10.4 Å². The van der Waals surface area contributed by atoms with Crippen LogP contribution in [0.2, 0.25) is 5.02 Å². The molecule has 2 rings (SSSR count). The van der Waals surface area contributed by atoms with Crippen molar-refractivity contribution < 1.29 is 9.90 Å². The van der Waals surface area contributed by atoms with Gasteiger partial charge in [-0.2, -0.15) is 0 Å². The van der Waals surface area contributed by atoms with E-state index in [-0.39, 0.29) is 18.6 Å². The van der Waals surface area contributed by atoms with E-state index in [0.29, 0.717) is 28.9 Å². The largest absolute Gasteiger partial charge is 0.394 e. The van der Waals surface area contributed by atoms with E-state index in [1.165, 1.54) is 12.3 Å². The molecule has 1 aromatic heterocycles. The lowest BCUT2D eigenvalue weighted by atomic mass is 10.0. The topological polar surface area (TPSA) is 91.5 Å². The van der Waals surface area contributed by atoms with Gasteiger partial charge in [0.15, 0.2) is 5.82 Å². The van der Waals surface area contributed by atoms with Crippen LogP contribution in [0.25, 0.3) is 0 Å². The highest BCUT2D eigenvalue weighted by molar-refractivity contribution is 6.33. The molecule has 0 aromatic carbocycles. The summed E-state index contributed by atoms with van der Waals surface area (Å²) in [4.78, 5) is 18.0. The minimum Gasteiger partial charge on any atom is -0.394 e. The number of hydrazine groups is 1. The number of carbonyl (C=O) groups is 1. The SMILES string of the molecule is CC1CCN(C(=O)c2cnc(NN)c(Cl)c2)C1CO. The number of carbonyl (C=O) groups excluding carboxylic acids is 1. The van der Waals surface area contributed by atoms with Crippen molar-refractivity contribution in [1.29, 1.82) is 0 Å². The number of aliphatic hydroxyl groups is 1. The molecule has 1 amide bonds. The summed E-state index contributed by atoms with van der Waals surface area (Å²) in [6, 6.07) is 1.39. The lowest BCUT2D eigenvalue weighted by Gasteiger charge is -2.25. The number of aliphatic hydroxyl groups excluding tert-OH is 1. The number of halogens is 1. The molecular weight excluding hydrogens is 268 g/mol. The van der Waals surface area contributed by atoms with Gasteiger partial charge in [-0.1, -0.05) is 18.5 Å². The molecule has 7 heteroatoms. The smallest absolute Gasteiger partial charge is 0.255 e. The maximum Gasteiger partial charge on any atom is 0.255 e. The number of nitrogens with zero attached hydrogens (tertiary/aromatic N) is 2. The lowest BCUT2D eigenvalue weighted by Crippen LogP contribution is -2.39. The van der Waals surface area contributed by atoms with Crippen molar-refractivity contribution in [1.82, 2.24) is 9.88 Å². The fraction of sp³-hybridized carbons (Fsp3) is 0.500. The Balaban J connectivity index is 2.22. The van der Waals surface area contributed by atoms with Crippen LogP contribution in [0, 0.1) is 5.92 Å². The predicted molar refractivity (Wildman–Crippen MR) is 72.7 cm³/mol. The number of nitrogens with one attached hydrogen (secondary N) is 1. The summed E-state index contributed by atoms with van der Waals surface area (Å²) >= 11 is 5.95. The number of hydrogen-bond donors (Lipinski definition) is 3. The van der Waals surface area contributed by atoms with E-state index < -0.39 is 0 Å². The van der Waals surface area contributed by atoms with Crippen molar-refractivity contribution in [3.63, 3.8) is 0 Å². The molecule has 6 nitrogen and oxygen atoms in total. The van der Waals surface area contributed by atoms with E-state index in [1.54, 1.807) is 4.90 Å². The van der Waals surface area contributed by atoms with Gasteiger partial charge in [0.25, 0.3) is 5.91 Å². The van der Waals surface area contributed by atoms with Crippen molar-refractivity contribution >= 4 is 23.3 Å². The van der Waals surface area contributed by atoms with Gasteiger partial charge in [-0.05, 0) is 18.4 Å². The zero-order valence-electron chi connectivity index (χ0n) is 10.6. The summed E-state index contributed by atoms with van der Waals surface area (Å²) in [6.07, 6.45) is 2.32. The maximum absolute atomic E-state index is 12.4. The molecule has 1 aliphatic rings.